The quantitative estimate of drug-likeness (QED) is 0.523. The van der Waals surface area contributed by atoms with E-state index in [-0.39, 0.29) is 10.2 Å². The molecule has 0 nitrogen and oxygen atoms in total. The molecule has 3 aromatic rings. The third-order valence-electron chi connectivity index (χ3n) is 5.98. The first-order valence-electron chi connectivity index (χ1n) is 8.58. The Morgan fingerprint density at radius 2 is 1.08 bits per heavy atom. The first kappa shape index (κ1) is 14.4. The smallest absolute Gasteiger partial charge is 0.0641 e. The summed E-state index contributed by atoms with van der Waals surface area (Å²) in [6.45, 7) is 4.85. The Balaban J connectivity index is 1.87. The van der Waals surface area contributed by atoms with E-state index in [1.165, 1.54) is 27.8 Å². The van der Waals surface area contributed by atoms with Crippen molar-refractivity contribution in [3.05, 3.63) is 107 Å². The molecule has 2 heterocycles. The molecule has 0 N–H and O–H groups in total. The van der Waals surface area contributed by atoms with Crippen molar-refractivity contribution >= 4 is 11.8 Å². The predicted octanol–water partition coefficient (Wildman–Crippen LogP) is 6.06. The highest BCUT2D eigenvalue weighted by Crippen LogP contribution is 2.69. The maximum Gasteiger partial charge on any atom is 0.0641 e. The zero-order valence-electron chi connectivity index (χ0n) is 14.0. The average Bonchev–Trinajstić information content (AvgIpc) is 2.65. The normalized spacial score (nSPS) is 29.8. The van der Waals surface area contributed by atoms with Crippen molar-refractivity contribution < 1.29 is 0 Å². The van der Waals surface area contributed by atoms with Crippen LogP contribution in [0.5, 0.6) is 0 Å². The Morgan fingerprint density at radius 3 is 1.62 bits per heavy atom. The number of thioether (sulfide) groups is 1. The van der Waals surface area contributed by atoms with Gasteiger partial charge in [-0.05, 0) is 41.7 Å². The fourth-order valence-corrected chi connectivity index (χ4v) is 6.65. The Bertz CT molecular complexity index is 878. The third kappa shape index (κ3) is 1.61. The van der Waals surface area contributed by atoms with Gasteiger partial charge in [-0.25, -0.2) is 0 Å². The predicted molar refractivity (Wildman–Crippen MR) is 103 cm³/mol. The van der Waals surface area contributed by atoms with Crippen molar-refractivity contribution in [2.24, 2.45) is 0 Å². The van der Waals surface area contributed by atoms with Crippen LogP contribution in [0.25, 0.3) is 0 Å². The molecule has 0 spiro atoms. The second-order valence-corrected chi connectivity index (χ2v) is 8.76. The van der Waals surface area contributed by atoms with Gasteiger partial charge in [-0.15, -0.1) is 11.8 Å². The Labute approximate surface area is 147 Å². The summed E-state index contributed by atoms with van der Waals surface area (Å²) in [5.41, 5.74) is 7.42. The van der Waals surface area contributed by atoms with E-state index >= 15 is 0 Å². The SMILES string of the molecule is CC12SC(c3ccccc3)C(C)(c3ccccc31)c1ccccc12. The maximum atomic E-state index is 2.44. The highest BCUT2D eigenvalue weighted by atomic mass is 32.2. The van der Waals surface area contributed by atoms with Crippen LogP contribution in [0, 0.1) is 0 Å². The molecule has 0 saturated carbocycles. The largest absolute Gasteiger partial charge is 0.136 e. The summed E-state index contributed by atoms with van der Waals surface area (Å²) in [5.74, 6) is 0. The van der Waals surface area contributed by atoms with Gasteiger partial charge in [0.2, 0.25) is 0 Å². The lowest BCUT2D eigenvalue weighted by molar-refractivity contribution is 0.486. The maximum absolute atomic E-state index is 2.44. The molecule has 2 bridgehead atoms. The van der Waals surface area contributed by atoms with Crippen LogP contribution in [0.3, 0.4) is 0 Å². The van der Waals surface area contributed by atoms with E-state index in [4.69, 9.17) is 0 Å². The second kappa shape index (κ2) is 4.77. The topological polar surface area (TPSA) is 0 Å². The molecular weight excluding hydrogens is 308 g/mol. The van der Waals surface area contributed by atoms with Gasteiger partial charge in [-0.3, -0.25) is 0 Å². The summed E-state index contributed by atoms with van der Waals surface area (Å²) in [6, 6.07) is 29.2. The van der Waals surface area contributed by atoms with Crippen LogP contribution in [-0.2, 0) is 10.2 Å². The van der Waals surface area contributed by atoms with Crippen molar-refractivity contribution in [3.8, 4) is 0 Å². The molecule has 0 radical (unpaired) electrons. The van der Waals surface area contributed by atoms with Crippen LogP contribution in [0.2, 0.25) is 0 Å². The highest BCUT2D eigenvalue weighted by Gasteiger charge is 2.57. The zero-order chi connectivity index (χ0) is 16.4. The number of benzene rings is 3. The zero-order valence-corrected chi connectivity index (χ0v) is 14.8. The van der Waals surface area contributed by atoms with Crippen molar-refractivity contribution in [3.63, 3.8) is 0 Å². The molecule has 0 amide bonds. The van der Waals surface area contributed by atoms with E-state index in [2.05, 4.69) is 104 Å². The Kier molecular flexibility index (Phi) is 2.85. The minimum absolute atomic E-state index is 0.0109. The number of hydrogen-bond donors (Lipinski definition) is 0. The molecule has 0 aromatic heterocycles. The van der Waals surface area contributed by atoms with Crippen LogP contribution >= 0.6 is 11.8 Å². The van der Waals surface area contributed by atoms with Gasteiger partial charge in [0.1, 0.15) is 0 Å². The van der Waals surface area contributed by atoms with Gasteiger partial charge in [0.15, 0.2) is 0 Å². The van der Waals surface area contributed by atoms with E-state index in [0.717, 1.165) is 0 Å². The monoisotopic (exact) mass is 328 g/mol. The van der Waals surface area contributed by atoms with Crippen molar-refractivity contribution in [1.82, 2.24) is 0 Å². The number of hydrogen-bond acceptors (Lipinski definition) is 1. The first-order valence-corrected chi connectivity index (χ1v) is 9.46. The summed E-state index contributed by atoms with van der Waals surface area (Å²) >= 11 is 2.12. The van der Waals surface area contributed by atoms with Crippen molar-refractivity contribution in [2.45, 2.75) is 29.3 Å². The third-order valence-corrected chi connectivity index (χ3v) is 7.87. The van der Waals surface area contributed by atoms with Crippen LogP contribution in [0.4, 0.5) is 0 Å². The summed E-state index contributed by atoms with van der Waals surface area (Å²) < 4.78 is 0.0193. The molecule has 1 atom stereocenters. The lowest BCUT2D eigenvalue weighted by atomic mass is 9.61. The van der Waals surface area contributed by atoms with Gasteiger partial charge < -0.3 is 0 Å². The van der Waals surface area contributed by atoms with Gasteiger partial charge in [-0.2, -0.15) is 0 Å². The summed E-state index contributed by atoms with van der Waals surface area (Å²) in [5, 5.41) is 0.438. The van der Waals surface area contributed by atoms with E-state index in [0.29, 0.717) is 5.25 Å². The van der Waals surface area contributed by atoms with Crippen LogP contribution < -0.4 is 0 Å². The van der Waals surface area contributed by atoms with Gasteiger partial charge in [0, 0.05) is 10.7 Å². The Morgan fingerprint density at radius 1 is 0.625 bits per heavy atom. The summed E-state index contributed by atoms with van der Waals surface area (Å²) in [7, 11) is 0. The standard InChI is InChI=1S/C23H20S/c1-22-17-12-6-8-14-19(17)23(2,20-15-9-7-13-18(20)22)24-21(22)16-10-4-3-5-11-16/h3-15,21H,1-2H3. The van der Waals surface area contributed by atoms with Crippen LogP contribution in [0.15, 0.2) is 78.9 Å². The van der Waals surface area contributed by atoms with Gasteiger partial charge >= 0.3 is 0 Å². The fourth-order valence-electron chi connectivity index (χ4n) is 4.79. The molecule has 0 fully saturated rings. The lowest BCUT2D eigenvalue weighted by Gasteiger charge is -2.57. The fraction of sp³-hybridized carbons (Fsp3) is 0.217. The van der Waals surface area contributed by atoms with Gasteiger partial charge in [0.05, 0.1) is 4.75 Å². The van der Waals surface area contributed by atoms with E-state index in [9.17, 15) is 0 Å². The molecule has 1 heteroatoms. The molecule has 2 aliphatic heterocycles. The number of fused-ring (bicyclic) bond motifs is 1. The summed E-state index contributed by atoms with van der Waals surface area (Å²) in [4.78, 5) is 0. The average molecular weight is 328 g/mol. The van der Waals surface area contributed by atoms with Crippen LogP contribution in [-0.4, -0.2) is 0 Å². The molecule has 1 aliphatic carbocycles. The second-order valence-electron chi connectivity index (χ2n) is 7.24. The van der Waals surface area contributed by atoms with Crippen molar-refractivity contribution in [1.29, 1.82) is 0 Å². The van der Waals surface area contributed by atoms with Crippen LogP contribution in [0.1, 0.15) is 46.9 Å². The minimum Gasteiger partial charge on any atom is -0.136 e. The van der Waals surface area contributed by atoms with Gasteiger partial charge in [-0.1, -0.05) is 78.9 Å². The van der Waals surface area contributed by atoms with Crippen molar-refractivity contribution in [2.75, 3.05) is 0 Å². The van der Waals surface area contributed by atoms with E-state index in [1.807, 2.05) is 0 Å². The van der Waals surface area contributed by atoms with Gasteiger partial charge in [0.25, 0.3) is 0 Å². The lowest BCUT2D eigenvalue weighted by Crippen LogP contribution is -2.47. The minimum atomic E-state index is 0.0109. The molecule has 1 unspecified atom stereocenters. The molecule has 6 rings (SSSR count). The first-order chi connectivity index (χ1) is 11.7. The molecule has 118 valence electrons. The molecular formula is C23H20S. The molecule has 3 aliphatic rings. The Hall–Kier alpha value is -1.99. The number of rotatable bonds is 1. The highest BCUT2D eigenvalue weighted by molar-refractivity contribution is 8.00. The molecule has 24 heavy (non-hydrogen) atoms. The van der Waals surface area contributed by atoms with E-state index in [1.54, 1.807) is 0 Å². The molecule has 0 saturated heterocycles. The van der Waals surface area contributed by atoms with E-state index < -0.39 is 0 Å². The molecule has 3 aromatic carbocycles. The summed E-state index contributed by atoms with van der Waals surface area (Å²) in [6.07, 6.45) is 0.